The molecule has 0 aromatic carbocycles. The molecule has 0 atom stereocenters. The fourth-order valence-corrected chi connectivity index (χ4v) is 1.71. The predicted molar refractivity (Wildman–Crippen MR) is 70.2 cm³/mol. The van der Waals surface area contributed by atoms with Gasteiger partial charge in [-0.15, -0.1) is 0 Å². The molecule has 1 aliphatic carbocycles. The first-order valence-electron chi connectivity index (χ1n) is 6.93. The standard InChI is InChI=1S/C13H24N4O/c1-11(2)5-7-18-8-6-17-13(15-10-16-17)9-14-12-3-4-12/h10-12,14H,3-9H2,1-2H3. The number of rotatable bonds is 9. The van der Waals surface area contributed by atoms with Crippen LogP contribution in [0.4, 0.5) is 0 Å². The zero-order valence-corrected chi connectivity index (χ0v) is 11.4. The topological polar surface area (TPSA) is 52.0 Å². The molecular weight excluding hydrogens is 228 g/mol. The third-order valence-corrected chi connectivity index (χ3v) is 3.11. The first kappa shape index (κ1) is 13.5. The van der Waals surface area contributed by atoms with E-state index >= 15 is 0 Å². The highest BCUT2D eigenvalue weighted by molar-refractivity contribution is 4.88. The van der Waals surface area contributed by atoms with Gasteiger partial charge < -0.3 is 10.1 Å². The van der Waals surface area contributed by atoms with E-state index in [1.807, 2.05) is 4.68 Å². The van der Waals surface area contributed by atoms with E-state index in [4.69, 9.17) is 4.74 Å². The molecule has 0 aliphatic heterocycles. The van der Waals surface area contributed by atoms with Crippen molar-refractivity contribution in [3.05, 3.63) is 12.2 Å². The lowest BCUT2D eigenvalue weighted by molar-refractivity contribution is 0.113. The first-order valence-corrected chi connectivity index (χ1v) is 6.93. The van der Waals surface area contributed by atoms with Gasteiger partial charge in [-0.05, 0) is 25.2 Å². The molecule has 1 aromatic heterocycles. The summed E-state index contributed by atoms with van der Waals surface area (Å²) in [6.45, 7) is 7.58. The Hall–Kier alpha value is -0.940. The first-order chi connectivity index (χ1) is 8.75. The lowest BCUT2D eigenvalue weighted by atomic mass is 10.1. The largest absolute Gasteiger partial charge is 0.380 e. The highest BCUT2D eigenvalue weighted by Gasteiger charge is 2.20. The second kappa shape index (κ2) is 6.85. The summed E-state index contributed by atoms with van der Waals surface area (Å²) in [5.74, 6) is 1.71. The molecule has 0 unspecified atom stereocenters. The number of hydrogen-bond acceptors (Lipinski definition) is 4. The highest BCUT2D eigenvalue weighted by Crippen LogP contribution is 2.18. The van der Waals surface area contributed by atoms with Crippen molar-refractivity contribution in [1.29, 1.82) is 0 Å². The average molecular weight is 252 g/mol. The van der Waals surface area contributed by atoms with E-state index in [1.165, 1.54) is 12.8 Å². The minimum absolute atomic E-state index is 0.703. The van der Waals surface area contributed by atoms with E-state index in [-0.39, 0.29) is 0 Å². The number of hydrogen-bond donors (Lipinski definition) is 1. The van der Waals surface area contributed by atoms with Gasteiger partial charge in [0.05, 0.1) is 19.7 Å². The van der Waals surface area contributed by atoms with E-state index in [2.05, 4.69) is 29.2 Å². The fraction of sp³-hybridized carbons (Fsp3) is 0.846. The zero-order valence-electron chi connectivity index (χ0n) is 11.4. The fourth-order valence-electron chi connectivity index (χ4n) is 1.71. The van der Waals surface area contributed by atoms with Crippen LogP contribution in [0.5, 0.6) is 0 Å². The van der Waals surface area contributed by atoms with Gasteiger partial charge in [-0.1, -0.05) is 13.8 Å². The minimum Gasteiger partial charge on any atom is -0.380 e. The Bertz CT molecular complexity index is 347. The van der Waals surface area contributed by atoms with Crippen LogP contribution in [0, 0.1) is 5.92 Å². The van der Waals surface area contributed by atoms with Crippen LogP contribution in [0.3, 0.4) is 0 Å². The van der Waals surface area contributed by atoms with Crippen LogP contribution in [0.15, 0.2) is 6.33 Å². The van der Waals surface area contributed by atoms with E-state index in [1.54, 1.807) is 6.33 Å². The van der Waals surface area contributed by atoms with Crippen LogP contribution in [-0.4, -0.2) is 34.0 Å². The molecular formula is C13H24N4O. The second-order valence-electron chi connectivity index (χ2n) is 5.35. The molecule has 0 amide bonds. The third-order valence-electron chi connectivity index (χ3n) is 3.11. The van der Waals surface area contributed by atoms with Gasteiger partial charge in [-0.3, -0.25) is 0 Å². The molecule has 1 aliphatic rings. The lowest BCUT2D eigenvalue weighted by Crippen LogP contribution is -2.20. The molecule has 0 saturated heterocycles. The molecule has 102 valence electrons. The third kappa shape index (κ3) is 4.74. The quantitative estimate of drug-likeness (QED) is 0.678. The summed E-state index contributed by atoms with van der Waals surface area (Å²) < 4.78 is 7.54. The number of ether oxygens (including phenoxy) is 1. The summed E-state index contributed by atoms with van der Waals surface area (Å²) >= 11 is 0. The van der Waals surface area contributed by atoms with Crippen molar-refractivity contribution >= 4 is 0 Å². The second-order valence-corrected chi connectivity index (χ2v) is 5.35. The number of aromatic nitrogens is 3. The van der Waals surface area contributed by atoms with E-state index < -0.39 is 0 Å². The minimum atomic E-state index is 0.703. The summed E-state index contributed by atoms with van der Waals surface area (Å²) in [5.41, 5.74) is 0. The van der Waals surface area contributed by atoms with Crippen LogP contribution in [-0.2, 0) is 17.8 Å². The van der Waals surface area contributed by atoms with Crippen LogP contribution >= 0.6 is 0 Å². The number of nitrogens with zero attached hydrogens (tertiary/aromatic N) is 3. The molecule has 5 nitrogen and oxygen atoms in total. The van der Waals surface area contributed by atoms with Crippen molar-refractivity contribution in [3.8, 4) is 0 Å². The monoisotopic (exact) mass is 252 g/mol. The molecule has 1 N–H and O–H groups in total. The van der Waals surface area contributed by atoms with Gasteiger partial charge in [0, 0.05) is 12.6 Å². The summed E-state index contributed by atoms with van der Waals surface area (Å²) in [7, 11) is 0. The van der Waals surface area contributed by atoms with Crippen LogP contribution in [0.2, 0.25) is 0 Å². The van der Waals surface area contributed by atoms with Gasteiger partial charge in [0.15, 0.2) is 0 Å². The van der Waals surface area contributed by atoms with Crippen molar-refractivity contribution in [2.45, 2.75) is 52.2 Å². The van der Waals surface area contributed by atoms with Crippen molar-refractivity contribution in [2.24, 2.45) is 5.92 Å². The Morgan fingerprint density at radius 2 is 2.28 bits per heavy atom. The average Bonchev–Trinajstić information content (AvgIpc) is 3.06. The summed E-state index contributed by atoms with van der Waals surface area (Å²) in [6.07, 6.45) is 5.34. The van der Waals surface area contributed by atoms with Crippen LogP contribution in [0.1, 0.15) is 38.9 Å². The summed E-state index contributed by atoms with van der Waals surface area (Å²) in [4.78, 5) is 4.28. The molecule has 0 spiro atoms. The predicted octanol–water partition coefficient (Wildman–Crippen LogP) is 1.59. The summed E-state index contributed by atoms with van der Waals surface area (Å²) in [5, 5.41) is 7.68. The molecule has 0 bridgehead atoms. The SMILES string of the molecule is CC(C)CCOCCn1ncnc1CNC1CC1. The van der Waals surface area contributed by atoms with Gasteiger partial charge in [0.25, 0.3) is 0 Å². The Labute approximate surface area is 109 Å². The lowest BCUT2D eigenvalue weighted by Gasteiger charge is -2.08. The van der Waals surface area contributed by atoms with Gasteiger partial charge >= 0.3 is 0 Å². The van der Waals surface area contributed by atoms with E-state index in [0.29, 0.717) is 18.6 Å². The Morgan fingerprint density at radius 1 is 1.44 bits per heavy atom. The van der Waals surface area contributed by atoms with Crippen LogP contribution in [0.25, 0.3) is 0 Å². The normalized spacial score (nSPS) is 15.5. The van der Waals surface area contributed by atoms with Crippen molar-refractivity contribution in [3.63, 3.8) is 0 Å². The molecule has 0 radical (unpaired) electrons. The molecule has 1 saturated carbocycles. The van der Waals surface area contributed by atoms with Crippen molar-refractivity contribution in [1.82, 2.24) is 20.1 Å². The Morgan fingerprint density at radius 3 is 3.00 bits per heavy atom. The maximum atomic E-state index is 5.60. The Kier molecular flexibility index (Phi) is 5.13. The Balaban J connectivity index is 1.63. The van der Waals surface area contributed by atoms with Gasteiger partial charge in [-0.25, -0.2) is 9.67 Å². The summed E-state index contributed by atoms with van der Waals surface area (Å²) in [6, 6.07) is 0.706. The van der Waals surface area contributed by atoms with Gasteiger partial charge in [0.2, 0.25) is 0 Å². The van der Waals surface area contributed by atoms with Gasteiger partial charge in [0.1, 0.15) is 12.2 Å². The smallest absolute Gasteiger partial charge is 0.140 e. The zero-order chi connectivity index (χ0) is 12.8. The molecule has 18 heavy (non-hydrogen) atoms. The molecule has 1 heterocycles. The van der Waals surface area contributed by atoms with Gasteiger partial charge in [-0.2, -0.15) is 5.10 Å². The maximum Gasteiger partial charge on any atom is 0.140 e. The molecule has 1 aromatic rings. The molecule has 1 fully saturated rings. The molecule has 2 rings (SSSR count). The van der Waals surface area contributed by atoms with Crippen LogP contribution < -0.4 is 5.32 Å². The number of nitrogens with one attached hydrogen (secondary N) is 1. The van der Waals surface area contributed by atoms with Crippen molar-refractivity contribution < 1.29 is 4.74 Å². The molecule has 5 heteroatoms. The van der Waals surface area contributed by atoms with E-state index in [0.717, 1.165) is 31.9 Å². The highest BCUT2D eigenvalue weighted by atomic mass is 16.5. The van der Waals surface area contributed by atoms with Crippen molar-refractivity contribution in [2.75, 3.05) is 13.2 Å². The van der Waals surface area contributed by atoms with E-state index in [9.17, 15) is 0 Å². The maximum absolute atomic E-state index is 5.60.